The van der Waals surface area contributed by atoms with Gasteiger partial charge in [-0.3, -0.25) is 0 Å². The summed E-state index contributed by atoms with van der Waals surface area (Å²) in [6.07, 6.45) is 4.72. The third kappa shape index (κ3) is 2.74. The van der Waals surface area contributed by atoms with Gasteiger partial charge in [0.15, 0.2) is 12.3 Å². The summed E-state index contributed by atoms with van der Waals surface area (Å²) in [6.45, 7) is 12.6. The molecule has 2 nitrogen and oxygen atoms in total. The number of likely N-dealkylation sites (N-methyl/N-ethyl adjacent to an activating group) is 1. The van der Waals surface area contributed by atoms with Gasteiger partial charge in [0.1, 0.15) is 0 Å². The van der Waals surface area contributed by atoms with Crippen molar-refractivity contribution in [1.82, 2.24) is 0 Å². The molecule has 27 heavy (non-hydrogen) atoms. The highest BCUT2D eigenvalue weighted by Gasteiger charge is 2.41. The van der Waals surface area contributed by atoms with Crippen molar-refractivity contribution in [2.45, 2.75) is 58.9 Å². The zero-order valence-electron chi connectivity index (χ0n) is 17.3. The summed E-state index contributed by atoms with van der Waals surface area (Å²) in [4.78, 5) is 2.50. The van der Waals surface area contributed by atoms with Crippen molar-refractivity contribution >= 4 is 17.6 Å². The maximum absolute atomic E-state index is 2.52. The summed E-state index contributed by atoms with van der Waals surface area (Å²) in [6, 6.07) is 18.3. The number of hydrogen-bond acceptors (Lipinski definition) is 1. The molecular formula is C25H31N2+. The topological polar surface area (TPSA) is 6.25 Å². The second-order valence-corrected chi connectivity index (χ2v) is 8.35. The Morgan fingerprint density at radius 2 is 1.81 bits per heavy atom. The van der Waals surface area contributed by atoms with Gasteiger partial charge in [-0.05, 0) is 25.5 Å². The van der Waals surface area contributed by atoms with Crippen LogP contribution in [0.25, 0.3) is 0 Å². The first-order valence-corrected chi connectivity index (χ1v) is 10.3. The van der Waals surface area contributed by atoms with E-state index in [4.69, 9.17) is 0 Å². The molecule has 1 unspecified atom stereocenters. The number of hydrogen-bond donors (Lipinski definition) is 0. The highest BCUT2D eigenvalue weighted by molar-refractivity contribution is 5.82. The largest absolute Gasteiger partial charge is 0.344 e. The summed E-state index contributed by atoms with van der Waals surface area (Å²) >= 11 is 0. The number of anilines is 1. The van der Waals surface area contributed by atoms with Gasteiger partial charge in [-0.1, -0.05) is 57.2 Å². The second kappa shape index (κ2) is 6.67. The minimum atomic E-state index is 0.0220. The van der Waals surface area contributed by atoms with Crippen LogP contribution in [-0.2, 0) is 11.8 Å². The van der Waals surface area contributed by atoms with Crippen LogP contribution in [0, 0.1) is 0 Å². The maximum atomic E-state index is 2.52. The molecule has 1 atom stereocenters. The predicted molar refractivity (Wildman–Crippen MR) is 115 cm³/mol. The Hall–Kier alpha value is -2.35. The molecule has 0 saturated heterocycles. The molecule has 0 radical (unpaired) electrons. The minimum absolute atomic E-state index is 0.0220. The van der Waals surface area contributed by atoms with Crippen LogP contribution in [-0.4, -0.2) is 23.4 Å². The van der Waals surface area contributed by atoms with Crippen molar-refractivity contribution in [3.63, 3.8) is 0 Å². The Balaban J connectivity index is 1.87. The van der Waals surface area contributed by atoms with E-state index in [-0.39, 0.29) is 5.41 Å². The Labute approximate surface area is 163 Å². The molecule has 2 aliphatic rings. The number of fused-ring (bicyclic) bond motifs is 2. The first kappa shape index (κ1) is 18.0. The smallest absolute Gasteiger partial charge is 0.208 e. The van der Waals surface area contributed by atoms with Crippen molar-refractivity contribution in [2.24, 2.45) is 0 Å². The lowest BCUT2D eigenvalue weighted by Gasteiger charge is -2.27. The van der Waals surface area contributed by atoms with Gasteiger partial charge in [-0.2, -0.15) is 4.58 Å². The van der Waals surface area contributed by atoms with Crippen LogP contribution in [0.4, 0.5) is 11.4 Å². The van der Waals surface area contributed by atoms with E-state index < -0.39 is 0 Å². The van der Waals surface area contributed by atoms with Crippen LogP contribution in [0.3, 0.4) is 0 Å². The van der Waals surface area contributed by atoms with Gasteiger partial charge in [0.2, 0.25) is 5.69 Å². The van der Waals surface area contributed by atoms with Crippen LogP contribution in [0.2, 0.25) is 0 Å². The van der Waals surface area contributed by atoms with Crippen LogP contribution in [0.15, 0.2) is 59.8 Å². The monoisotopic (exact) mass is 359 g/mol. The number of benzene rings is 2. The van der Waals surface area contributed by atoms with Crippen LogP contribution < -0.4 is 4.90 Å². The Morgan fingerprint density at radius 3 is 2.56 bits per heavy atom. The first-order valence-electron chi connectivity index (χ1n) is 10.3. The predicted octanol–water partition coefficient (Wildman–Crippen LogP) is 5.83. The van der Waals surface area contributed by atoms with Crippen LogP contribution >= 0.6 is 0 Å². The molecule has 2 aliphatic heterocycles. The fourth-order valence-corrected chi connectivity index (χ4v) is 5.13. The van der Waals surface area contributed by atoms with Crippen molar-refractivity contribution in [3.8, 4) is 0 Å². The van der Waals surface area contributed by atoms with Gasteiger partial charge in [0.05, 0.1) is 0 Å². The molecule has 0 N–H and O–H groups in total. The summed E-state index contributed by atoms with van der Waals surface area (Å²) in [5.74, 6) is 0. The van der Waals surface area contributed by atoms with E-state index in [2.05, 4.69) is 98.8 Å². The van der Waals surface area contributed by atoms with Gasteiger partial charge >= 0.3 is 0 Å². The normalized spacial score (nSPS) is 23.5. The lowest BCUT2D eigenvalue weighted by Crippen LogP contribution is -2.29. The molecular weight excluding hydrogens is 328 g/mol. The number of allylic oxidation sites excluding steroid dienone is 2. The number of nitrogens with zero attached hydrogens (tertiary/aromatic N) is 2. The Kier molecular flexibility index (Phi) is 4.46. The van der Waals surface area contributed by atoms with Crippen molar-refractivity contribution in [1.29, 1.82) is 0 Å². The van der Waals surface area contributed by atoms with E-state index in [1.807, 2.05) is 0 Å². The van der Waals surface area contributed by atoms with E-state index in [0.29, 0.717) is 6.04 Å². The van der Waals surface area contributed by atoms with Crippen molar-refractivity contribution < 1.29 is 4.58 Å². The average Bonchev–Trinajstić information content (AvgIpc) is 3.14. The van der Waals surface area contributed by atoms with E-state index in [0.717, 1.165) is 19.4 Å². The third-order valence-corrected chi connectivity index (χ3v) is 6.34. The molecule has 2 heterocycles. The van der Waals surface area contributed by atoms with E-state index in [9.17, 15) is 0 Å². The maximum Gasteiger partial charge on any atom is 0.208 e. The number of para-hydroxylation sites is 2. The highest BCUT2D eigenvalue weighted by Crippen LogP contribution is 2.48. The Morgan fingerprint density at radius 1 is 1.11 bits per heavy atom. The van der Waals surface area contributed by atoms with Gasteiger partial charge in [-0.15, -0.1) is 0 Å². The number of rotatable bonds is 3. The molecule has 0 amide bonds. The van der Waals surface area contributed by atoms with Gasteiger partial charge in [-0.25, -0.2) is 0 Å². The molecule has 0 bridgehead atoms. The molecule has 4 rings (SSSR count). The van der Waals surface area contributed by atoms with Gasteiger partial charge in [0, 0.05) is 53.4 Å². The standard InChI is InChI=1S/C25H31N2/c1-6-20-16-19-12-8-10-14-22(19)27(20)17-18(3)24-25(4,5)21-13-9-11-15-23(21)26(24)7-2/h8-15,17,20H,6-7,16H2,1-5H3/q+1. The van der Waals surface area contributed by atoms with Crippen molar-refractivity contribution in [3.05, 3.63) is 70.9 Å². The molecule has 140 valence electrons. The molecule has 0 aromatic heterocycles. The molecule has 2 aromatic carbocycles. The van der Waals surface area contributed by atoms with Crippen LogP contribution in [0.1, 0.15) is 52.2 Å². The summed E-state index contributed by atoms with van der Waals surface area (Å²) in [5.41, 5.74) is 8.47. The lowest BCUT2D eigenvalue weighted by molar-refractivity contribution is -0.469. The molecule has 0 saturated carbocycles. The average molecular weight is 360 g/mol. The van der Waals surface area contributed by atoms with Gasteiger partial charge in [0.25, 0.3) is 0 Å². The molecule has 2 heteroatoms. The zero-order valence-corrected chi connectivity index (χ0v) is 17.3. The van der Waals surface area contributed by atoms with E-state index in [1.54, 1.807) is 0 Å². The summed E-state index contributed by atoms with van der Waals surface area (Å²) < 4.78 is 2.52. The molecule has 2 aromatic rings. The first-order chi connectivity index (χ1) is 13.0. The Bertz CT molecular complexity index is 933. The van der Waals surface area contributed by atoms with Gasteiger partial charge < -0.3 is 4.90 Å². The second-order valence-electron chi connectivity index (χ2n) is 8.35. The molecule has 0 fully saturated rings. The van der Waals surface area contributed by atoms with Crippen LogP contribution in [0.5, 0.6) is 0 Å². The quantitative estimate of drug-likeness (QED) is 0.625. The fourth-order valence-electron chi connectivity index (χ4n) is 5.13. The minimum Gasteiger partial charge on any atom is -0.344 e. The van der Waals surface area contributed by atoms with E-state index in [1.165, 1.54) is 33.8 Å². The highest BCUT2D eigenvalue weighted by atomic mass is 15.2. The third-order valence-electron chi connectivity index (χ3n) is 6.34. The molecule has 0 aliphatic carbocycles. The SMILES string of the molecule is CCC1Cc2ccccc2[N+]1=CC(C)=C1N(CC)c2ccccc2C1(C)C. The molecule has 0 spiro atoms. The zero-order chi connectivity index (χ0) is 19.2. The summed E-state index contributed by atoms with van der Waals surface area (Å²) in [5, 5.41) is 0. The van der Waals surface area contributed by atoms with Crippen molar-refractivity contribution in [2.75, 3.05) is 11.4 Å². The fraction of sp³-hybridized carbons (Fsp3) is 0.400. The lowest BCUT2D eigenvalue weighted by atomic mass is 9.82. The summed E-state index contributed by atoms with van der Waals surface area (Å²) in [7, 11) is 0. The van der Waals surface area contributed by atoms with E-state index >= 15 is 0 Å².